The van der Waals surface area contributed by atoms with Gasteiger partial charge in [-0.1, -0.05) is 0 Å². The number of anilines is 1. The molecule has 0 aliphatic rings. The summed E-state index contributed by atoms with van der Waals surface area (Å²) in [5.41, 5.74) is 0. The van der Waals surface area contributed by atoms with E-state index in [0.29, 0.717) is 5.95 Å². The number of hydrogen-bond donors (Lipinski definition) is 1. The number of aromatic nitrogens is 2. The maximum absolute atomic E-state index is 11.7. The molecule has 6 heteroatoms. The molecule has 0 aliphatic carbocycles. The zero-order valence-electron chi connectivity index (χ0n) is 7.00. The van der Waals surface area contributed by atoms with Gasteiger partial charge < -0.3 is 10.1 Å². The first-order valence-electron chi connectivity index (χ1n) is 3.64. The largest absolute Gasteiger partial charge is 0.471 e. The van der Waals surface area contributed by atoms with Crippen molar-refractivity contribution in [3.05, 3.63) is 12.3 Å². The van der Waals surface area contributed by atoms with Crippen LogP contribution in [0.1, 0.15) is 0 Å². The summed E-state index contributed by atoms with van der Waals surface area (Å²) in [5.74, 6) is 0.478. The molecule has 0 bridgehead atoms. The summed E-state index contributed by atoms with van der Waals surface area (Å²) in [5, 5.41) is 2.67. The van der Waals surface area contributed by atoms with E-state index < -0.39 is 13.0 Å². The second-order valence-corrected chi connectivity index (χ2v) is 2.17. The van der Waals surface area contributed by atoms with Crippen molar-refractivity contribution in [3.63, 3.8) is 0 Å². The van der Waals surface area contributed by atoms with E-state index in [-0.39, 0.29) is 5.88 Å². The lowest BCUT2D eigenvalue weighted by Crippen LogP contribution is -2.08. The molecule has 4 nitrogen and oxygen atoms in total. The Kier molecular flexibility index (Phi) is 3.36. The molecule has 1 aromatic rings. The summed E-state index contributed by atoms with van der Waals surface area (Å²) in [4.78, 5) is 7.58. The molecule has 1 rings (SSSR count). The molecule has 0 aromatic carbocycles. The van der Waals surface area contributed by atoms with Crippen LogP contribution >= 0.6 is 0 Å². The van der Waals surface area contributed by atoms with Gasteiger partial charge in [-0.2, -0.15) is 4.98 Å². The van der Waals surface area contributed by atoms with E-state index in [4.69, 9.17) is 0 Å². The van der Waals surface area contributed by atoms with Gasteiger partial charge in [0.05, 0.1) is 0 Å². The smallest absolute Gasteiger partial charge is 0.272 e. The molecule has 0 radical (unpaired) electrons. The predicted molar refractivity (Wildman–Crippen MR) is 43.1 cm³/mol. The minimum Gasteiger partial charge on any atom is -0.471 e. The van der Waals surface area contributed by atoms with E-state index in [1.807, 2.05) is 0 Å². The van der Waals surface area contributed by atoms with Crippen LogP contribution < -0.4 is 10.1 Å². The Morgan fingerprint density at radius 3 is 3.00 bits per heavy atom. The minimum absolute atomic E-state index is 0.139. The van der Waals surface area contributed by atoms with Crippen molar-refractivity contribution in [1.29, 1.82) is 0 Å². The summed E-state index contributed by atoms with van der Waals surface area (Å²) >= 11 is 0. The number of ether oxygens (including phenoxy) is 1. The molecule has 0 unspecified atom stereocenters. The first kappa shape index (κ1) is 9.63. The molecule has 0 fully saturated rings. The van der Waals surface area contributed by atoms with Crippen molar-refractivity contribution in [2.24, 2.45) is 0 Å². The van der Waals surface area contributed by atoms with Gasteiger partial charge in [-0.3, -0.25) is 0 Å². The average Bonchev–Trinajstić information content (AvgIpc) is 2.15. The van der Waals surface area contributed by atoms with Gasteiger partial charge in [0.2, 0.25) is 11.8 Å². The number of halogens is 2. The van der Waals surface area contributed by atoms with Crippen molar-refractivity contribution in [2.45, 2.75) is 6.43 Å². The second kappa shape index (κ2) is 4.54. The zero-order chi connectivity index (χ0) is 9.68. The highest BCUT2D eigenvalue weighted by Crippen LogP contribution is 2.08. The van der Waals surface area contributed by atoms with Crippen LogP contribution in [0.3, 0.4) is 0 Å². The fraction of sp³-hybridized carbons (Fsp3) is 0.429. The van der Waals surface area contributed by atoms with Crippen LogP contribution in [-0.4, -0.2) is 30.0 Å². The number of hydrogen-bond acceptors (Lipinski definition) is 4. The normalized spacial score (nSPS) is 10.2. The number of nitrogens with zero attached hydrogens (tertiary/aromatic N) is 2. The van der Waals surface area contributed by atoms with Crippen molar-refractivity contribution < 1.29 is 13.5 Å². The number of rotatable bonds is 4. The second-order valence-electron chi connectivity index (χ2n) is 2.17. The quantitative estimate of drug-likeness (QED) is 0.772. The standard InChI is InChI=1S/C7H9F2N3O/c1-10-7-11-3-2-6(12-7)13-4-5(8)9/h2-3,5H,4H2,1H3,(H,10,11,12). The molecule has 72 valence electrons. The molecular formula is C7H9F2N3O. The van der Waals surface area contributed by atoms with E-state index in [1.54, 1.807) is 7.05 Å². The Balaban J connectivity index is 2.56. The van der Waals surface area contributed by atoms with Crippen molar-refractivity contribution >= 4 is 5.95 Å². The molecule has 0 atom stereocenters. The molecule has 0 aliphatic heterocycles. The zero-order valence-corrected chi connectivity index (χ0v) is 7.00. The van der Waals surface area contributed by atoms with Gasteiger partial charge in [0.1, 0.15) is 0 Å². The van der Waals surface area contributed by atoms with Crippen molar-refractivity contribution in [1.82, 2.24) is 9.97 Å². The van der Waals surface area contributed by atoms with Gasteiger partial charge in [0.15, 0.2) is 6.61 Å². The van der Waals surface area contributed by atoms with Gasteiger partial charge in [0.25, 0.3) is 6.43 Å². The highest BCUT2D eigenvalue weighted by atomic mass is 19.3. The first-order chi connectivity index (χ1) is 6.22. The molecule has 1 aromatic heterocycles. The molecular weight excluding hydrogens is 180 g/mol. The Bertz CT molecular complexity index is 270. The van der Waals surface area contributed by atoms with Crippen LogP contribution in [0.2, 0.25) is 0 Å². The Hall–Kier alpha value is -1.46. The summed E-state index contributed by atoms with van der Waals surface area (Å²) in [6.45, 7) is -0.653. The lowest BCUT2D eigenvalue weighted by Gasteiger charge is -2.04. The molecule has 0 saturated heterocycles. The Morgan fingerprint density at radius 2 is 2.38 bits per heavy atom. The average molecular weight is 189 g/mol. The van der Waals surface area contributed by atoms with E-state index >= 15 is 0 Å². The summed E-state index contributed by atoms with van der Waals surface area (Å²) in [6, 6.07) is 1.42. The van der Waals surface area contributed by atoms with Crippen LogP contribution in [0, 0.1) is 0 Å². The van der Waals surface area contributed by atoms with Crippen molar-refractivity contribution in [3.8, 4) is 5.88 Å². The lowest BCUT2D eigenvalue weighted by molar-refractivity contribution is 0.0796. The number of nitrogens with one attached hydrogen (secondary N) is 1. The third-order valence-corrected chi connectivity index (χ3v) is 1.21. The van der Waals surface area contributed by atoms with Crippen molar-refractivity contribution in [2.75, 3.05) is 19.0 Å². The highest BCUT2D eigenvalue weighted by Gasteiger charge is 2.04. The maximum atomic E-state index is 11.7. The fourth-order valence-corrected chi connectivity index (χ4v) is 0.691. The van der Waals surface area contributed by atoms with Gasteiger partial charge >= 0.3 is 0 Å². The van der Waals surface area contributed by atoms with E-state index in [2.05, 4.69) is 20.0 Å². The van der Waals surface area contributed by atoms with Gasteiger partial charge in [-0.15, -0.1) is 0 Å². The fourth-order valence-electron chi connectivity index (χ4n) is 0.691. The Labute approximate surface area is 74.0 Å². The maximum Gasteiger partial charge on any atom is 0.272 e. The van der Waals surface area contributed by atoms with Crippen LogP contribution in [-0.2, 0) is 0 Å². The predicted octanol–water partition coefficient (Wildman–Crippen LogP) is 1.16. The molecule has 1 N–H and O–H groups in total. The number of alkyl halides is 2. The van der Waals surface area contributed by atoms with Gasteiger partial charge in [-0.25, -0.2) is 13.8 Å². The highest BCUT2D eigenvalue weighted by molar-refractivity contribution is 5.25. The van der Waals surface area contributed by atoms with Gasteiger partial charge in [-0.05, 0) is 0 Å². The molecule has 0 amide bonds. The third kappa shape index (κ3) is 3.18. The SMILES string of the molecule is CNc1nccc(OCC(F)F)n1. The molecule has 13 heavy (non-hydrogen) atoms. The summed E-state index contributed by atoms with van der Waals surface area (Å²) < 4.78 is 28.1. The lowest BCUT2D eigenvalue weighted by atomic mass is 10.6. The first-order valence-corrected chi connectivity index (χ1v) is 3.64. The minimum atomic E-state index is -2.49. The van der Waals surface area contributed by atoms with Crippen LogP contribution in [0.15, 0.2) is 12.3 Å². The van der Waals surface area contributed by atoms with E-state index in [0.717, 1.165) is 0 Å². The van der Waals surface area contributed by atoms with Crippen LogP contribution in [0.5, 0.6) is 5.88 Å². The third-order valence-electron chi connectivity index (χ3n) is 1.21. The molecule has 1 heterocycles. The molecule has 0 spiro atoms. The monoisotopic (exact) mass is 189 g/mol. The summed E-state index contributed by atoms with van der Waals surface area (Å²) in [6.07, 6.45) is -1.06. The Morgan fingerprint density at radius 1 is 1.62 bits per heavy atom. The van der Waals surface area contributed by atoms with E-state index in [1.165, 1.54) is 12.3 Å². The van der Waals surface area contributed by atoms with Gasteiger partial charge in [0, 0.05) is 19.3 Å². The summed E-state index contributed by atoms with van der Waals surface area (Å²) in [7, 11) is 1.63. The molecule has 0 saturated carbocycles. The topological polar surface area (TPSA) is 47.0 Å². The van der Waals surface area contributed by atoms with Crippen LogP contribution in [0.4, 0.5) is 14.7 Å². The van der Waals surface area contributed by atoms with Crippen LogP contribution in [0.25, 0.3) is 0 Å². The van der Waals surface area contributed by atoms with E-state index in [9.17, 15) is 8.78 Å².